The molecule has 0 atom stereocenters. The molecule has 2 aromatic carbocycles. The fourth-order valence-corrected chi connectivity index (χ4v) is 2.46. The van der Waals surface area contributed by atoms with Gasteiger partial charge in [-0.2, -0.15) is 0 Å². The monoisotopic (exact) mass is 352 g/mol. The lowest BCUT2D eigenvalue weighted by Gasteiger charge is -2.22. The molecule has 3 nitrogen and oxygen atoms in total. The molecule has 23 heavy (non-hydrogen) atoms. The highest BCUT2D eigenvalue weighted by Gasteiger charge is 2.15. The molecule has 2 rings (SSSR count). The van der Waals surface area contributed by atoms with E-state index < -0.39 is 0 Å². The van der Waals surface area contributed by atoms with Gasteiger partial charge in [-0.05, 0) is 42.7 Å². The number of hydrogen-bond acceptors (Lipinski definition) is 2. The van der Waals surface area contributed by atoms with Crippen LogP contribution in [0, 0.1) is 6.92 Å². The van der Waals surface area contributed by atoms with Crippen LogP contribution in [0.1, 0.15) is 21.5 Å². The van der Waals surface area contributed by atoms with Crippen LogP contribution >= 0.6 is 24.0 Å². The van der Waals surface area contributed by atoms with Crippen LogP contribution < -0.4 is 5.73 Å². The summed E-state index contributed by atoms with van der Waals surface area (Å²) in [5.41, 5.74) is 8.43. The third-order valence-electron chi connectivity index (χ3n) is 3.60. The smallest absolute Gasteiger partial charge is 0.253 e. The quantitative estimate of drug-likeness (QED) is 0.861. The minimum Gasteiger partial charge on any atom is -0.337 e. The van der Waals surface area contributed by atoms with Crippen LogP contribution in [0.4, 0.5) is 0 Å². The normalized spacial score (nSPS) is 10.0. The van der Waals surface area contributed by atoms with Gasteiger partial charge in [0.1, 0.15) is 0 Å². The maximum atomic E-state index is 12.6. The predicted molar refractivity (Wildman–Crippen MR) is 98.5 cm³/mol. The lowest BCUT2D eigenvalue weighted by Crippen LogP contribution is -2.37. The second-order valence-corrected chi connectivity index (χ2v) is 5.69. The van der Waals surface area contributed by atoms with Gasteiger partial charge in [0.15, 0.2) is 0 Å². The molecule has 0 aromatic heterocycles. The van der Waals surface area contributed by atoms with E-state index in [9.17, 15) is 4.79 Å². The van der Waals surface area contributed by atoms with Gasteiger partial charge in [0.2, 0.25) is 0 Å². The summed E-state index contributed by atoms with van der Waals surface area (Å²) in [6.45, 7) is 3.55. The standard InChI is InChI=1S/C18H21ClN2O.ClH/c1-14-13-16(7-8-17(14)19)18(22)21(12-10-20)11-9-15-5-3-2-4-6-15;/h2-8,13H,9-12,20H2,1H3;1H. The Kier molecular flexibility index (Phi) is 8.10. The number of hydrogen-bond donors (Lipinski definition) is 1. The zero-order chi connectivity index (χ0) is 15.9. The molecular weight excluding hydrogens is 331 g/mol. The van der Waals surface area contributed by atoms with Crippen molar-refractivity contribution in [3.05, 3.63) is 70.2 Å². The van der Waals surface area contributed by atoms with Gasteiger partial charge in [0.25, 0.3) is 5.91 Å². The Labute approximate surface area is 148 Å². The van der Waals surface area contributed by atoms with Gasteiger partial charge < -0.3 is 10.6 Å². The van der Waals surface area contributed by atoms with Crippen molar-refractivity contribution in [1.82, 2.24) is 4.90 Å². The molecule has 0 fully saturated rings. The van der Waals surface area contributed by atoms with Gasteiger partial charge in [-0.15, -0.1) is 12.4 Å². The van der Waals surface area contributed by atoms with Crippen molar-refractivity contribution in [3.8, 4) is 0 Å². The molecule has 0 saturated heterocycles. The summed E-state index contributed by atoms with van der Waals surface area (Å²) >= 11 is 6.02. The minimum absolute atomic E-state index is 0. The molecule has 0 saturated carbocycles. The number of nitrogens with zero attached hydrogens (tertiary/aromatic N) is 1. The summed E-state index contributed by atoms with van der Waals surface area (Å²) in [5.74, 6) is 0.00106. The number of aryl methyl sites for hydroxylation is 1. The van der Waals surface area contributed by atoms with Crippen LogP contribution in [0.5, 0.6) is 0 Å². The van der Waals surface area contributed by atoms with Gasteiger partial charge in [-0.25, -0.2) is 0 Å². The summed E-state index contributed by atoms with van der Waals surface area (Å²) in [7, 11) is 0. The molecule has 0 aliphatic rings. The topological polar surface area (TPSA) is 46.3 Å². The van der Waals surface area contributed by atoms with Gasteiger partial charge in [-0.1, -0.05) is 41.9 Å². The van der Waals surface area contributed by atoms with E-state index in [1.165, 1.54) is 5.56 Å². The first-order valence-corrected chi connectivity index (χ1v) is 7.79. The van der Waals surface area contributed by atoms with E-state index >= 15 is 0 Å². The van der Waals surface area contributed by atoms with Crippen LogP contribution in [0.25, 0.3) is 0 Å². The number of halogens is 2. The van der Waals surface area contributed by atoms with E-state index in [0.717, 1.165) is 12.0 Å². The average molecular weight is 353 g/mol. The van der Waals surface area contributed by atoms with E-state index in [1.54, 1.807) is 17.0 Å². The van der Waals surface area contributed by atoms with Crippen molar-refractivity contribution in [3.63, 3.8) is 0 Å². The van der Waals surface area contributed by atoms with E-state index in [-0.39, 0.29) is 18.3 Å². The number of carbonyl (C=O) groups is 1. The number of benzene rings is 2. The Hall–Kier alpha value is -1.55. The largest absolute Gasteiger partial charge is 0.337 e. The lowest BCUT2D eigenvalue weighted by atomic mass is 10.1. The van der Waals surface area contributed by atoms with E-state index in [0.29, 0.717) is 30.2 Å². The van der Waals surface area contributed by atoms with Crippen molar-refractivity contribution in [2.75, 3.05) is 19.6 Å². The van der Waals surface area contributed by atoms with Gasteiger partial charge in [-0.3, -0.25) is 4.79 Å². The molecule has 2 aromatic rings. The summed E-state index contributed by atoms with van der Waals surface area (Å²) in [6.07, 6.45) is 0.819. The first-order chi connectivity index (χ1) is 10.6. The highest BCUT2D eigenvalue weighted by atomic mass is 35.5. The van der Waals surface area contributed by atoms with Crippen molar-refractivity contribution >= 4 is 29.9 Å². The molecule has 124 valence electrons. The Morgan fingerprint density at radius 1 is 1.13 bits per heavy atom. The second-order valence-electron chi connectivity index (χ2n) is 5.28. The second kappa shape index (κ2) is 9.56. The summed E-state index contributed by atoms with van der Waals surface area (Å²) in [6, 6.07) is 15.5. The molecule has 0 radical (unpaired) electrons. The maximum absolute atomic E-state index is 12.6. The van der Waals surface area contributed by atoms with Gasteiger partial charge in [0.05, 0.1) is 0 Å². The Bertz CT molecular complexity index is 632. The number of amides is 1. The number of rotatable bonds is 6. The molecule has 0 unspecified atom stereocenters. The van der Waals surface area contributed by atoms with Gasteiger partial charge in [0, 0.05) is 30.2 Å². The molecule has 0 heterocycles. The SMILES string of the molecule is Cc1cc(C(=O)N(CCN)CCc2ccccc2)ccc1Cl.Cl. The van der Waals surface area contributed by atoms with Crippen molar-refractivity contribution in [2.24, 2.45) is 5.73 Å². The zero-order valence-electron chi connectivity index (χ0n) is 13.2. The van der Waals surface area contributed by atoms with E-state index in [2.05, 4.69) is 12.1 Å². The molecule has 1 amide bonds. The highest BCUT2D eigenvalue weighted by molar-refractivity contribution is 6.31. The van der Waals surface area contributed by atoms with E-state index in [1.807, 2.05) is 31.2 Å². The fraction of sp³-hybridized carbons (Fsp3) is 0.278. The summed E-state index contributed by atoms with van der Waals surface area (Å²) < 4.78 is 0. The van der Waals surface area contributed by atoms with Crippen LogP contribution in [0.2, 0.25) is 5.02 Å². The van der Waals surface area contributed by atoms with Crippen LogP contribution in [0.3, 0.4) is 0 Å². The van der Waals surface area contributed by atoms with Crippen molar-refractivity contribution < 1.29 is 4.79 Å². The average Bonchev–Trinajstić information content (AvgIpc) is 2.54. The Morgan fingerprint density at radius 2 is 1.83 bits per heavy atom. The molecule has 0 bridgehead atoms. The predicted octanol–water partition coefficient (Wildman–Crippen LogP) is 3.71. The molecule has 0 aliphatic carbocycles. The van der Waals surface area contributed by atoms with Crippen LogP contribution in [-0.2, 0) is 6.42 Å². The lowest BCUT2D eigenvalue weighted by molar-refractivity contribution is 0.0762. The first kappa shape index (κ1) is 19.5. The Morgan fingerprint density at radius 3 is 2.43 bits per heavy atom. The molecule has 5 heteroatoms. The van der Waals surface area contributed by atoms with E-state index in [4.69, 9.17) is 17.3 Å². The third-order valence-corrected chi connectivity index (χ3v) is 4.03. The van der Waals surface area contributed by atoms with Crippen molar-refractivity contribution in [2.45, 2.75) is 13.3 Å². The fourth-order valence-electron chi connectivity index (χ4n) is 2.34. The first-order valence-electron chi connectivity index (χ1n) is 7.41. The molecule has 2 N–H and O–H groups in total. The van der Waals surface area contributed by atoms with Crippen molar-refractivity contribution in [1.29, 1.82) is 0 Å². The van der Waals surface area contributed by atoms with Gasteiger partial charge >= 0.3 is 0 Å². The minimum atomic E-state index is 0. The molecule has 0 aliphatic heterocycles. The summed E-state index contributed by atoms with van der Waals surface area (Å²) in [4.78, 5) is 14.4. The van der Waals surface area contributed by atoms with Crippen LogP contribution in [-0.4, -0.2) is 30.4 Å². The molecule has 0 spiro atoms. The Balaban J connectivity index is 0.00000264. The zero-order valence-corrected chi connectivity index (χ0v) is 14.7. The highest BCUT2D eigenvalue weighted by Crippen LogP contribution is 2.17. The maximum Gasteiger partial charge on any atom is 0.253 e. The number of carbonyl (C=O) groups excluding carboxylic acids is 1. The summed E-state index contributed by atoms with van der Waals surface area (Å²) in [5, 5.41) is 0.672. The number of nitrogens with two attached hydrogens (primary N) is 1. The van der Waals surface area contributed by atoms with Crippen LogP contribution in [0.15, 0.2) is 48.5 Å². The third kappa shape index (κ3) is 5.54. The molecular formula is C18H22Cl2N2O.